The predicted octanol–water partition coefficient (Wildman–Crippen LogP) is 2.46. The molecule has 0 aromatic heterocycles. The number of para-hydroxylation sites is 1. The molecule has 6 nitrogen and oxygen atoms in total. The van der Waals surface area contributed by atoms with Gasteiger partial charge in [0.25, 0.3) is 0 Å². The van der Waals surface area contributed by atoms with Gasteiger partial charge in [-0.3, -0.25) is 9.79 Å². The van der Waals surface area contributed by atoms with Gasteiger partial charge in [0.15, 0.2) is 5.96 Å². The number of ether oxygens (including phenoxy) is 1. The largest absolute Gasteiger partial charge is 0.493 e. The number of nitrogens with zero attached hydrogens (tertiary/aromatic N) is 1. The molecule has 0 saturated heterocycles. The van der Waals surface area contributed by atoms with E-state index in [2.05, 4.69) is 20.9 Å². The second kappa shape index (κ2) is 12.8. The SMILES string of the molecule is CCNC(=NCCCOc1ccccc1C)NCCNC(=O)C1CC1.I. The molecule has 0 spiro atoms. The molecule has 0 aliphatic heterocycles. The third-order valence-corrected chi connectivity index (χ3v) is 3.93. The fourth-order valence-electron chi connectivity index (χ4n) is 2.35. The van der Waals surface area contributed by atoms with Crippen LogP contribution in [0.1, 0.15) is 31.7 Å². The number of rotatable bonds is 10. The minimum absolute atomic E-state index is 0. The van der Waals surface area contributed by atoms with Crippen molar-refractivity contribution in [3.63, 3.8) is 0 Å². The number of nitrogens with one attached hydrogen (secondary N) is 3. The molecule has 0 bridgehead atoms. The Hall–Kier alpha value is -1.51. The summed E-state index contributed by atoms with van der Waals surface area (Å²) in [6.07, 6.45) is 2.92. The van der Waals surface area contributed by atoms with Crippen molar-refractivity contribution in [1.82, 2.24) is 16.0 Å². The Bertz CT molecular complexity index is 576. The Morgan fingerprint density at radius 3 is 2.62 bits per heavy atom. The smallest absolute Gasteiger partial charge is 0.223 e. The molecule has 1 fully saturated rings. The molecule has 26 heavy (non-hydrogen) atoms. The molecule has 146 valence electrons. The van der Waals surface area contributed by atoms with Crippen LogP contribution in [0.25, 0.3) is 0 Å². The highest BCUT2D eigenvalue weighted by Gasteiger charge is 2.28. The molecular formula is C19H31IN4O2. The lowest BCUT2D eigenvalue weighted by Gasteiger charge is -2.12. The lowest BCUT2D eigenvalue weighted by molar-refractivity contribution is -0.122. The van der Waals surface area contributed by atoms with Gasteiger partial charge in [0.1, 0.15) is 5.75 Å². The van der Waals surface area contributed by atoms with Crippen molar-refractivity contribution in [2.75, 3.05) is 32.8 Å². The van der Waals surface area contributed by atoms with Gasteiger partial charge in [-0.15, -0.1) is 24.0 Å². The van der Waals surface area contributed by atoms with E-state index >= 15 is 0 Å². The van der Waals surface area contributed by atoms with Gasteiger partial charge in [0.2, 0.25) is 5.91 Å². The van der Waals surface area contributed by atoms with Crippen molar-refractivity contribution >= 4 is 35.8 Å². The van der Waals surface area contributed by atoms with Crippen molar-refractivity contribution in [3.8, 4) is 5.75 Å². The Morgan fingerprint density at radius 1 is 1.19 bits per heavy atom. The molecule has 3 N–H and O–H groups in total. The fourth-order valence-corrected chi connectivity index (χ4v) is 2.35. The molecule has 1 aromatic rings. The van der Waals surface area contributed by atoms with E-state index in [4.69, 9.17) is 4.74 Å². The molecule has 7 heteroatoms. The van der Waals surface area contributed by atoms with Crippen LogP contribution in [0.5, 0.6) is 5.75 Å². The van der Waals surface area contributed by atoms with Crippen LogP contribution in [-0.2, 0) is 4.79 Å². The number of amides is 1. The first kappa shape index (κ1) is 22.5. The minimum atomic E-state index is 0. The van der Waals surface area contributed by atoms with E-state index in [1.54, 1.807) is 0 Å². The van der Waals surface area contributed by atoms with Gasteiger partial charge in [0.05, 0.1) is 6.61 Å². The molecule has 1 saturated carbocycles. The maximum absolute atomic E-state index is 11.6. The molecule has 1 aromatic carbocycles. The second-order valence-corrected chi connectivity index (χ2v) is 6.22. The summed E-state index contributed by atoms with van der Waals surface area (Å²) in [5.41, 5.74) is 1.15. The number of aliphatic imine (C=N–C) groups is 1. The summed E-state index contributed by atoms with van der Waals surface area (Å²) >= 11 is 0. The van der Waals surface area contributed by atoms with Crippen LogP contribution in [0.15, 0.2) is 29.3 Å². The van der Waals surface area contributed by atoms with Gasteiger partial charge in [0, 0.05) is 38.5 Å². The lowest BCUT2D eigenvalue weighted by atomic mass is 10.2. The summed E-state index contributed by atoms with van der Waals surface area (Å²) in [6, 6.07) is 8.02. The molecule has 0 atom stereocenters. The summed E-state index contributed by atoms with van der Waals surface area (Å²) in [5.74, 6) is 2.15. The zero-order chi connectivity index (χ0) is 17.9. The number of halogens is 1. The monoisotopic (exact) mass is 474 g/mol. The number of aryl methyl sites for hydroxylation is 1. The molecule has 0 radical (unpaired) electrons. The molecule has 1 amide bonds. The van der Waals surface area contributed by atoms with E-state index in [1.807, 2.05) is 38.1 Å². The quantitative estimate of drug-likeness (QED) is 0.211. The first-order chi connectivity index (χ1) is 12.2. The molecule has 2 rings (SSSR count). The predicted molar refractivity (Wildman–Crippen MR) is 116 cm³/mol. The van der Waals surface area contributed by atoms with Crippen LogP contribution in [0.3, 0.4) is 0 Å². The maximum atomic E-state index is 11.6. The fraction of sp³-hybridized carbons (Fsp3) is 0.579. The van der Waals surface area contributed by atoms with Crippen molar-refractivity contribution in [1.29, 1.82) is 0 Å². The second-order valence-electron chi connectivity index (χ2n) is 6.22. The van der Waals surface area contributed by atoms with Gasteiger partial charge < -0.3 is 20.7 Å². The van der Waals surface area contributed by atoms with E-state index in [9.17, 15) is 4.79 Å². The van der Waals surface area contributed by atoms with Crippen molar-refractivity contribution in [2.24, 2.45) is 10.9 Å². The van der Waals surface area contributed by atoms with Crippen molar-refractivity contribution < 1.29 is 9.53 Å². The number of carbonyl (C=O) groups is 1. The summed E-state index contributed by atoms with van der Waals surface area (Å²) in [6.45, 7) is 7.51. The molecule has 1 aliphatic carbocycles. The van der Waals surface area contributed by atoms with Crippen LogP contribution < -0.4 is 20.7 Å². The molecule has 0 unspecified atom stereocenters. The van der Waals surface area contributed by atoms with Gasteiger partial charge in [-0.2, -0.15) is 0 Å². The molecule has 0 heterocycles. The normalized spacial score (nSPS) is 13.5. The Balaban J connectivity index is 0.00000338. The van der Waals surface area contributed by atoms with E-state index in [0.29, 0.717) is 26.2 Å². The highest BCUT2D eigenvalue weighted by atomic mass is 127. The lowest BCUT2D eigenvalue weighted by Crippen LogP contribution is -2.41. The van der Waals surface area contributed by atoms with Gasteiger partial charge in [-0.1, -0.05) is 18.2 Å². The first-order valence-electron chi connectivity index (χ1n) is 9.19. The van der Waals surface area contributed by atoms with Crippen LogP contribution in [0, 0.1) is 12.8 Å². The summed E-state index contributed by atoms with van der Waals surface area (Å²) < 4.78 is 5.77. The number of benzene rings is 1. The number of guanidine groups is 1. The van der Waals surface area contributed by atoms with Crippen LogP contribution in [0.2, 0.25) is 0 Å². The standard InChI is InChI=1S/C19H30N4O2.HI/c1-3-20-19(23-13-12-21-18(24)16-9-10-16)22-11-6-14-25-17-8-5-4-7-15(17)2;/h4-5,7-8,16H,3,6,9-14H2,1-2H3,(H,21,24)(H2,20,22,23);1H. The van der Waals surface area contributed by atoms with E-state index in [0.717, 1.165) is 43.1 Å². The first-order valence-corrected chi connectivity index (χ1v) is 9.19. The van der Waals surface area contributed by atoms with Crippen molar-refractivity contribution in [2.45, 2.75) is 33.1 Å². The van der Waals surface area contributed by atoms with Crippen molar-refractivity contribution in [3.05, 3.63) is 29.8 Å². The molecular weight excluding hydrogens is 443 g/mol. The zero-order valence-corrected chi connectivity index (χ0v) is 18.0. The van der Waals surface area contributed by atoms with Gasteiger partial charge >= 0.3 is 0 Å². The third-order valence-electron chi connectivity index (χ3n) is 3.93. The third kappa shape index (κ3) is 8.73. The summed E-state index contributed by atoms with van der Waals surface area (Å²) in [5, 5.41) is 9.38. The van der Waals surface area contributed by atoms with Crippen LogP contribution in [-0.4, -0.2) is 44.7 Å². The average Bonchev–Trinajstić information content (AvgIpc) is 3.44. The Morgan fingerprint density at radius 2 is 1.92 bits per heavy atom. The zero-order valence-electron chi connectivity index (χ0n) is 15.7. The van der Waals surface area contributed by atoms with E-state index < -0.39 is 0 Å². The minimum Gasteiger partial charge on any atom is -0.493 e. The topological polar surface area (TPSA) is 74.8 Å². The number of hydrogen-bond donors (Lipinski definition) is 3. The summed E-state index contributed by atoms with van der Waals surface area (Å²) in [4.78, 5) is 16.1. The van der Waals surface area contributed by atoms with Gasteiger partial charge in [-0.25, -0.2) is 0 Å². The average molecular weight is 474 g/mol. The number of carbonyl (C=O) groups excluding carboxylic acids is 1. The van der Waals surface area contributed by atoms with Crippen LogP contribution in [0.4, 0.5) is 0 Å². The van der Waals surface area contributed by atoms with Gasteiger partial charge in [-0.05, 0) is 38.3 Å². The van der Waals surface area contributed by atoms with E-state index in [1.165, 1.54) is 0 Å². The highest BCUT2D eigenvalue weighted by Crippen LogP contribution is 2.28. The number of hydrogen-bond acceptors (Lipinski definition) is 3. The Kier molecular flexibility index (Phi) is 11.1. The molecule has 1 aliphatic rings. The highest BCUT2D eigenvalue weighted by molar-refractivity contribution is 14.0. The maximum Gasteiger partial charge on any atom is 0.223 e. The van der Waals surface area contributed by atoms with Crippen LogP contribution >= 0.6 is 24.0 Å². The summed E-state index contributed by atoms with van der Waals surface area (Å²) in [7, 11) is 0. The van der Waals surface area contributed by atoms with E-state index in [-0.39, 0.29) is 35.8 Å². The Labute approximate surface area is 173 Å².